The number of H-pyrrole nitrogens is 1. The molecule has 0 aliphatic carbocycles. The number of fused-ring (bicyclic) bond motifs is 1. The van der Waals surface area contributed by atoms with E-state index in [4.69, 9.17) is 16.9 Å². The summed E-state index contributed by atoms with van der Waals surface area (Å²) in [5.74, 6) is -0.293. The van der Waals surface area contributed by atoms with Crippen LogP contribution in [0.25, 0.3) is 11.2 Å². The predicted octanol–water partition coefficient (Wildman–Crippen LogP) is 2.76. The molecule has 0 spiro atoms. The molecule has 0 fully saturated rings. The molecular weight excluding hydrogens is 283 g/mol. The third-order valence-electron chi connectivity index (χ3n) is 2.64. The van der Waals surface area contributed by atoms with E-state index >= 15 is 0 Å². The Morgan fingerprint density at radius 3 is 3.00 bits per heavy atom. The van der Waals surface area contributed by atoms with Crippen molar-refractivity contribution in [3.8, 4) is 6.07 Å². The van der Waals surface area contributed by atoms with Gasteiger partial charge in [0.1, 0.15) is 23.0 Å². The number of halogens is 2. The largest absolute Gasteiger partial charge is 0.340 e. The second-order valence-electron chi connectivity index (χ2n) is 3.84. The monoisotopic (exact) mass is 288 g/mol. The van der Waals surface area contributed by atoms with E-state index in [-0.39, 0.29) is 16.5 Å². The lowest BCUT2D eigenvalue weighted by Crippen LogP contribution is -2.00. The lowest BCUT2D eigenvalue weighted by molar-refractivity contribution is 0.624. The summed E-state index contributed by atoms with van der Waals surface area (Å²) in [6.07, 6.45) is 1.44. The number of hydrogen-bond donors (Lipinski definition) is 2. The van der Waals surface area contributed by atoms with Crippen LogP contribution in [0, 0.1) is 17.1 Å². The molecule has 1 aromatic carbocycles. The molecule has 20 heavy (non-hydrogen) atoms. The molecule has 0 saturated heterocycles. The van der Waals surface area contributed by atoms with Crippen LogP contribution >= 0.6 is 11.6 Å². The molecule has 0 amide bonds. The number of nitrogens with zero attached hydrogens (tertiary/aromatic N) is 4. The zero-order valence-electron chi connectivity index (χ0n) is 9.85. The molecule has 0 radical (unpaired) electrons. The molecule has 2 N–H and O–H groups in total. The number of nitrogens with one attached hydrogen (secondary N) is 2. The van der Waals surface area contributed by atoms with Crippen LogP contribution in [0.4, 0.5) is 15.9 Å². The van der Waals surface area contributed by atoms with E-state index in [0.29, 0.717) is 17.0 Å². The highest BCUT2D eigenvalue weighted by molar-refractivity contribution is 6.28. The maximum Gasteiger partial charge on any atom is 0.226 e. The van der Waals surface area contributed by atoms with E-state index in [1.54, 1.807) is 12.1 Å². The van der Waals surface area contributed by atoms with Gasteiger partial charge in [-0.3, -0.25) is 0 Å². The third kappa shape index (κ3) is 2.02. The third-order valence-corrected chi connectivity index (χ3v) is 2.81. The number of nitriles is 1. The molecule has 2 aromatic heterocycles. The minimum atomic E-state index is -0.612. The number of rotatable bonds is 2. The van der Waals surface area contributed by atoms with Gasteiger partial charge in [-0.15, -0.1) is 0 Å². The van der Waals surface area contributed by atoms with E-state index in [0.717, 1.165) is 0 Å². The molecule has 6 nitrogen and oxygen atoms in total. The average molecular weight is 289 g/mol. The number of imidazole rings is 1. The highest BCUT2D eigenvalue weighted by Crippen LogP contribution is 2.25. The zero-order valence-corrected chi connectivity index (χ0v) is 10.6. The van der Waals surface area contributed by atoms with Crippen molar-refractivity contribution in [1.29, 1.82) is 5.26 Å². The minimum absolute atomic E-state index is 0.00186. The average Bonchev–Trinajstić information content (AvgIpc) is 2.87. The van der Waals surface area contributed by atoms with Gasteiger partial charge in [0.25, 0.3) is 0 Å². The first-order valence-corrected chi connectivity index (χ1v) is 5.89. The second kappa shape index (κ2) is 4.75. The van der Waals surface area contributed by atoms with Gasteiger partial charge in [0.05, 0.1) is 12.0 Å². The SMILES string of the molecule is N#Cc1c(F)cccc1Nc1nc(Cl)nc2nc[nH]c12. The molecule has 0 atom stereocenters. The summed E-state index contributed by atoms with van der Waals surface area (Å²) in [6, 6.07) is 6.07. The summed E-state index contributed by atoms with van der Waals surface area (Å²) in [5, 5.41) is 11.9. The van der Waals surface area contributed by atoms with Crippen molar-refractivity contribution in [3.05, 3.63) is 41.2 Å². The maximum atomic E-state index is 13.5. The molecular formula is C12H6ClFN6. The lowest BCUT2D eigenvalue weighted by Gasteiger charge is -2.08. The number of aromatic amines is 1. The number of anilines is 2. The number of aromatic nitrogens is 4. The van der Waals surface area contributed by atoms with Gasteiger partial charge in [0.2, 0.25) is 5.28 Å². The molecule has 0 unspecified atom stereocenters. The molecule has 2 heterocycles. The van der Waals surface area contributed by atoms with Crippen LogP contribution in [0.15, 0.2) is 24.5 Å². The van der Waals surface area contributed by atoms with E-state index in [1.165, 1.54) is 18.5 Å². The molecule has 98 valence electrons. The maximum absolute atomic E-state index is 13.5. The summed E-state index contributed by atoms with van der Waals surface area (Å²) in [7, 11) is 0. The molecule has 0 saturated carbocycles. The summed E-state index contributed by atoms with van der Waals surface area (Å²) >= 11 is 5.80. The first-order chi connectivity index (χ1) is 9.69. The van der Waals surface area contributed by atoms with Crippen molar-refractivity contribution < 1.29 is 4.39 Å². The van der Waals surface area contributed by atoms with Crippen LogP contribution in [0.3, 0.4) is 0 Å². The molecule has 3 rings (SSSR count). The highest BCUT2D eigenvalue weighted by atomic mass is 35.5. The highest BCUT2D eigenvalue weighted by Gasteiger charge is 2.13. The fraction of sp³-hybridized carbons (Fsp3) is 0. The molecule has 3 aromatic rings. The fourth-order valence-corrected chi connectivity index (χ4v) is 1.93. The predicted molar refractivity (Wildman–Crippen MR) is 71.1 cm³/mol. The summed E-state index contributed by atoms with van der Waals surface area (Å²) < 4.78 is 13.5. The van der Waals surface area contributed by atoms with Gasteiger partial charge in [0.15, 0.2) is 11.5 Å². The second-order valence-corrected chi connectivity index (χ2v) is 4.18. The van der Waals surface area contributed by atoms with E-state index in [9.17, 15) is 4.39 Å². The normalized spacial score (nSPS) is 10.4. The van der Waals surface area contributed by atoms with E-state index < -0.39 is 5.82 Å². The van der Waals surface area contributed by atoms with Crippen molar-refractivity contribution in [2.24, 2.45) is 0 Å². The Kier molecular flexibility index (Phi) is 2.93. The first kappa shape index (κ1) is 12.3. The van der Waals surface area contributed by atoms with Crippen LogP contribution in [-0.2, 0) is 0 Å². The van der Waals surface area contributed by atoms with Gasteiger partial charge in [-0.1, -0.05) is 6.07 Å². The number of benzene rings is 1. The quantitative estimate of drug-likeness (QED) is 0.708. The topological polar surface area (TPSA) is 90.3 Å². The van der Waals surface area contributed by atoms with Crippen LogP contribution < -0.4 is 5.32 Å². The number of hydrogen-bond acceptors (Lipinski definition) is 5. The molecule has 0 aliphatic heterocycles. The van der Waals surface area contributed by atoms with Gasteiger partial charge in [0, 0.05) is 0 Å². The summed E-state index contributed by atoms with van der Waals surface area (Å²) in [6.45, 7) is 0. The fourth-order valence-electron chi connectivity index (χ4n) is 1.77. The molecule has 8 heteroatoms. The van der Waals surface area contributed by atoms with Crippen LogP contribution in [-0.4, -0.2) is 19.9 Å². The van der Waals surface area contributed by atoms with Crippen molar-refractivity contribution in [2.45, 2.75) is 0 Å². The standard InChI is InChI=1S/C12H6ClFN6/c13-12-19-10-9(16-5-17-10)11(20-12)18-8-3-1-2-7(14)6(8)4-15/h1-3,5H,(H2,16,17,18,19,20). The van der Waals surface area contributed by atoms with Crippen LogP contribution in [0.2, 0.25) is 5.28 Å². The van der Waals surface area contributed by atoms with Crippen molar-refractivity contribution in [2.75, 3.05) is 5.32 Å². The Labute approximate surface area is 117 Å². The van der Waals surface area contributed by atoms with Crippen molar-refractivity contribution >= 4 is 34.3 Å². The van der Waals surface area contributed by atoms with Crippen molar-refractivity contribution in [1.82, 2.24) is 19.9 Å². The molecule has 0 aliphatic rings. The van der Waals surface area contributed by atoms with Gasteiger partial charge in [-0.2, -0.15) is 15.2 Å². The Balaban J connectivity index is 2.13. The Morgan fingerprint density at radius 2 is 2.20 bits per heavy atom. The van der Waals surface area contributed by atoms with Crippen LogP contribution in [0.5, 0.6) is 0 Å². The lowest BCUT2D eigenvalue weighted by atomic mass is 10.2. The Morgan fingerprint density at radius 1 is 1.35 bits per heavy atom. The van der Waals surface area contributed by atoms with Gasteiger partial charge >= 0.3 is 0 Å². The zero-order chi connectivity index (χ0) is 14.1. The summed E-state index contributed by atoms with van der Waals surface area (Å²) in [5.41, 5.74) is 1.08. The Bertz CT molecular complexity index is 838. The summed E-state index contributed by atoms with van der Waals surface area (Å²) in [4.78, 5) is 14.8. The minimum Gasteiger partial charge on any atom is -0.340 e. The molecule has 0 bridgehead atoms. The van der Waals surface area contributed by atoms with Gasteiger partial charge < -0.3 is 10.3 Å². The van der Waals surface area contributed by atoms with E-state index in [2.05, 4.69) is 25.3 Å². The van der Waals surface area contributed by atoms with Gasteiger partial charge in [-0.05, 0) is 23.7 Å². The first-order valence-electron chi connectivity index (χ1n) is 5.51. The Hall–Kier alpha value is -2.72. The van der Waals surface area contributed by atoms with Crippen molar-refractivity contribution in [3.63, 3.8) is 0 Å². The smallest absolute Gasteiger partial charge is 0.226 e. The van der Waals surface area contributed by atoms with E-state index in [1.807, 2.05) is 0 Å². The van der Waals surface area contributed by atoms with Gasteiger partial charge in [-0.25, -0.2) is 9.37 Å². The van der Waals surface area contributed by atoms with Crippen LogP contribution in [0.1, 0.15) is 5.56 Å².